The smallest absolute Gasteiger partial charge is 0.323 e. The number of carbonyl (C=O) groups is 2. The summed E-state index contributed by atoms with van der Waals surface area (Å²) in [6.07, 6.45) is 0.565. The second-order valence-corrected chi connectivity index (χ2v) is 4.00. The third-order valence-corrected chi connectivity index (χ3v) is 2.18. The first-order chi connectivity index (χ1) is 7.18. The molecule has 0 heterocycles. The third kappa shape index (κ3) is 8.19. The van der Waals surface area contributed by atoms with Crippen LogP contribution in [0.1, 0.15) is 27.2 Å². The van der Waals surface area contributed by atoms with Crippen LogP contribution in [-0.2, 0) is 9.59 Å². The van der Waals surface area contributed by atoms with Crippen LogP contribution in [0.5, 0.6) is 0 Å². The van der Waals surface area contributed by atoms with E-state index >= 15 is 0 Å². The van der Waals surface area contributed by atoms with Gasteiger partial charge in [-0.2, -0.15) is 0 Å². The lowest BCUT2D eigenvalue weighted by molar-refractivity contribution is -0.143. The Morgan fingerprint density at radius 1 is 1.38 bits per heavy atom. The van der Waals surface area contributed by atoms with E-state index < -0.39 is 17.5 Å². The van der Waals surface area contributed by atoms with E-state index in [2.05, 4.69) is 5.32 Å². The maximum atomic E-state index is 10.2. The van der Waals surface area contributed by atoms with Gasteiger partial charge in [0.1, 0.15) is 5.54 Å². The van der Waals surface area contributed by atoms with Crippen LogP contribution in [0.2, 0.25) is 0 Å². The summed E-state index contributed by atoms with van der Waals surface area (Å²) in [4.78, 5) is 20.2. The summed E-state index contributed by atoms with van der Waals surface area (Å²) in [5, 5.41) is 19.3. The van der Waals surface area contributed by atoms with Crippen molar-refractivity contribution in [1.82, 2.24) is 5.32 Å². The van der Waals surface area contributed by atoms with Crippen molar-refractivity contribution in [1.29, 1.82) is 0 Å². The molecule has 1 unspecified atom stereocenters. The Hall–Kier alpha value is -1.14. The number of nitrogens with two attached hydrogens (primary N) is 1. The number of likely N-dealkylation sites (N-methyl/N-ethyl adjacent to an activating group) is 1. The summed E-state index contributed by atoms with van der Waals surface area (Å²) in [6.45, 7) is 5.31. The van der Waals surface area contributed by atoms with Crippen molar-refractivity contribution >= 4 is 11.9 Å². The zero-order chi connectivity index (χ0) is 13.4. The fourth-order valence-electron chi connectivity index (χ4n) is 0.480. The summed E-state index contributed by atoms with van der Waals surface area (Å²) in [5.74, 6) is -1.89. The molecule has 0 aliphatic rings. The zero-order valence-corrected chi connectivity index (χ0v) is 10.3. The number of hydrogen-bond acceptors (Lipinski definition) is 4. The summed E-state index contributed by atoms with van der Waals surface area (Å²) in [6, 6.07) is 0. The third-order valence-electron chi connectivity index (χ3n) is 2.18. The number of carboxylic acid groups (broad SMARTS) is 2. The van der Waals surface area contributed by atoms with Gasteiger partial charge in [0.25, 0.3) is 0 Å². The van der Waals surface area contributed by atoms with Crippen LogP contribution in [0.4, 0.5) is 0 Å². The highest BCUT2D eigenvalue weighted by Crippen LogP contribution is 1.98. The topological polar surface area (TPSA) is 113 Å². The van der Waals surface area contributed by atoms with Gasteiger partial charge in [-0.05, 0) is 33.9 Å². The lowest BCUT2D eigenvalue weighted by Crippen LogP contribution is -2.44. The Balaban J connectivity index is 0. The van der Waals surface area contributed by atoms with E-state index in [0.717, 1.165) is 0 Å². The van der Waals surface area contributed by atoms with Crippen LogP contribution in [-0.4, -0.2) is 41.3 Å². The van der Waals surface area contributed by atoms with E-state index in [9.17, 15) is 9.59 Å². The average Bonchev–Trinajstić information content (AvgIpc) is 2.18. The van der Waals surface area contributed by atoms with Crippen molar-refractivity contribution < 1.29 is 19.8 Å². The van der Waals surface area contributed by atoms with Crippen LogP contribution in [0.25, 0.3) is 0 Å². The molecule has 0 aliphatic heterocycles. The zero-order valence-electron chi connectivity index (χ0n) is 10.3. The Morgan fingerprint density at radius 3 is 1.88 bits per heavy atom. The van der Waals surface area contributed by atoms with Crippen molar-refractivity contribution in [2.45, 2.75) is 32.7 Å². The van der Waals surface area contributed by atoms with Gasteiger partial charge >= 0.3 is 11.9 Å². The standard InChI is InChI=1S/2C5H11NO2/c1-5(2,6-3)4(7)8;1-4(2-3-6)5(7)8/h6H,1-3H3,(H,7,8);4H,2-3,6H2,1H3,(H,7,8). The van der Waals surface area contributed by atoms with Crippen molar-refractivity contribution in [2.75, 3.05) is 13.6 Å². The number of nitrogens with one attached hydrogen (secondary N) is 1. The molecular weight excluding hydrogens is 212 g/mol. The van der Waals surface area contributed by atoms with E-state index in [4.69, 9.17) is 15.9 Å². The van der Waals surface area contributed by atoms with Gasteiger partial charge in [-0.1, -0.05) is 6.92 Å². The van der Waals surface area contributed by atoms with Crippen molar-refractivity contribution in [3.8, 4) is 0 Å². The molecule has 0 spiro atoms. The van der Waals surface area contributed by atoms with Gasteiger partial charge < -0.3 is 21.3 Å². The fraction of sp³-hybridized carbons (Fsp3) is 0.800. The number of aliphatic carboxylic acids is 2. The molecule has 0 bridgehead atoms. The molecule has 0 saturated carbocycles. The van der Waals surface area contributed by atoms with Gasteiger partial charge in [-0.25, -0.2) is 0 Å². The highest BCUT2D eigenvalue weighted by molar-refractivity contribution is 5.77. The molecule has 0 fully saturated rings. The second-order valence-electron chi connectivity index (χ2n) is 4.00. The highest BCUT2D eigenvalue weighted by Gasteiger charge is 2.23. The van der Waals surface area contributed by atoms with Gasteiger partial charge in [0.15, 0.2) is 0 Å². The number of hydrogen-bond donors (Lipinski definition) is 4. The van der Waals surface area contributed by atoms with E-state index in [0.29, 0.717) is 13.0 Å². The van der Waals surface area contributed by atoms with Crippen molar-refractivity contribution in [3.63, 3.8) is 0 Å². The number of rotatable bonds is 5. The molecule has 0 rings (SSSR count). The summed E-state index contributed by atoms with van der Waals surface area (Å²) < 4.78 is 0. The molecule has 5 N–H and O–H groups in total. The minimum Gasteiger partial charge on any atom is -0.481 e. The van der Waals surface area contributed by atoms with Gasteiger partial charge in [-0.3, -0.25) is 9.59 Å². The summed E-state index contributed by atoms with van der Waals surface area (Å²) in [5.41, 5.74) is 4.31. The maximum Gasteiger partial charge on any atom is 0.323 e. The Kier molecular flexibility index (Phi) is 8.70. The lowest BCUT2D eigenvalue weighted by Gasteiger charge is -2.16. The number of carboxylic acids is 2. The maximum absolute atomic E-state index is 10.2. The van der Waals surface area contributed by atoms with Crippen LogP contribution < -0.4 is 11.1 Å². The van der Waals surface area contributed by atoms with Crippen LogP contribution >= 0.6 is 0 Å². The molecular formula is C10H22N2O4. The van der Waals surface area contributed by atoms with Gasteiger partial charge in [0.2, 0.25) is 0 Å². The van der Waals surface area contributed by atoms with Crippen molar-refractivity contribution in [3.05, 3.63) is 0 Å². The van der Waals surface area contributed by atoms with Crippen LogP contribution in [0.15, 0.2) is 0 Å². The Bertz CT molecular complexity index is 229. The SMILES string of the molecule is CC(CCN)C(=O)O.CNC(C)(C)C(=O)O. The van der Waals surface area contributed by atoms with E-state index in [-0.39, 0.29) is 5.92 Å². The quantitative estimate of drug-likeness (QED) is 0.537. The lowest BCUT2D eigenvalue weighted by atomic mass is 10.1. The molecule has 96 valence electrons. The first kappa shape index (κ1) is 17.3. The van der Waals surface area contributed by atoms with Gasteiger partial charge in [0.05, 0.1) is 5.92 Å². The molecule has 0 aromatic heterocycles. The minimum atomic E-state index is -0.833. The van der Waals surface area contributed by atoms with Gasteiger partial charge in [-0.15, -0.1) is 0 Å². The molecule has 1 atom stereocenters. The molecule has 0 radical (unpaired) electrons. The summed E-state index contributed by atoms with van der Waals surface area (Å²) >= 11 is 0. The van der Waals surface area contributed by atoms with Crippen LogP contribution in [0, 0.1) is 5.92 Å². The van der Waals surface area contributed by atoms with Crippen molar-refractivity contribution in [2.24, 2.45) is 11.7 Å². The molecule has 16 heavy (non-hydrogen) atoms. The molecule has 6 heteroatoms. The first-order valence-electron chi connectivity index (χ1n) is 5.04. The molecule has 6 nitrogen and oxygen atoms in total. The van der Waals surface area contributed by atoms with E-state index in [1.807, 2.05) is 0 Å². The van der Waals surface area contributed by atoms with E-state index in [1.54, 1.807) is 27.8 Å². The largest absolute Gasteiger partial charge is 0.481 e. The monoisotopic (exact) mass is 234 g/mol. The minimum absolute atomic E-state index is 0.292. The molecule has 0 aromatic rings. The molecule has 0 aromatic carbocycles. The summed E-state index contributed by atoms with van der Waals surface area (Å²) in [7, 11) is 1.62. The molecule has 0 saturated heterocycles. The highest BCUT2D eigenvalue weighted by atomic mass is 16.4. The average molecular weight is 234 g/mol. The Morgan fingerprint density at radius 2 is 1.81 bits per heavy atom. The van der Waals surface area contributed by atoms with Gasteiger partial charge in [0, 0.05) is 0 Å². The predicted molar refractivity (Wildman–Crippen MR) is 61.2 cm³/mol. The fourth-order valence-corrected chi connectivity index (χ4v) is 0.480. The normalized spacial score (nSPS) is 12.3. The van der Waals surface area contributed by atoms with E-state index in [1.165, 1.54) is 0 Å². The predicted octanol–water partition coefficient (Wildman–Crippen LogP) is 0.125. The molecule has 0 amide bonds. The van der Waals surface area contributed by atoms with Crippen LogP contribution in [0.3, 0.4) is 0 Å². The first-order valence-corrected chi connectivity index (χ1v) is 5.04. The second kappa shape index (κ2) is 8.06. The molecule has 0 aliphatic carbocycles. The Labute approximate surface area is 95.8 Å².